The molecule has 0 bridgehead atoms. The number of unbranched alkanes of at least 4 members (excludes halogenated alkanes) is 3. The minimum absolute atomic E-state index is 0.189. The molecule has 1 rings (SSSR count). The Labute approximate surface area is 109 Å². The second kappa shape index (κ2) is 8.75. The smallest absolute Gasteiger partial charge is 0.304 e. The van der Waals surface area contributed by atoms with Crippen molar-refractivity contribution in [2.75, 3.05) is 13.1 Å². The van der Waals surface area contributed by atoms with Crippen LogP contribution in [0.5, 0.6) is 0 Å². The Morgan fingerprint density at radius 3 is 2.78 bits per heavy atom. The Bertz CT molecular complexity index is 322. The number of hydrogen-bond acceptors (Lipinski definition) is 3. The van der Waals surface area contributed by atoms with Gasteiger partial charge in [-0.25, -0.2) is 0 Å². The lowest BCUT2D eigenvalue weighted by Gasteiger charge is -2.20. The van der Waals surface area contributed by atoms with E-state index in [0.29, 0.717) is 13.1 Å². The van der Waals surface area contributed by atoms with Gasteiger partial charge >= 0.3 is 5.97 Å². The van der Waals surface area contributed by atoms with Gasteiger partial charge in [-0.15, -0.1) is 0 Å². The van der Waals surface area contributed by atoms with Gasteiger partial charge < -0.3 is 9.52 Å². The summed E-state index contributed by atoms with van der Waals surface area (Å²) in [6.45, 7) is 4.41. The van der Waals surface area contributed by atoms with E-state index in [4.69, 9.17) is 9.52 Å². The van der Waals surface area contributed by atoms with Crippen molar-refractivity contribution in [3.8, 4) is 0 Å². The lowest BCUT2D eigenvalue weighted by molar-refractivity contribution is -0.137. The van der Waals surface area contributed by atoms with E-state index in [9.17, 15) is 4.79 Å². The highest BCUT2D eigenvalue weighted by Crippen LogP contribution is 2.08. The monoisotopic (exact) mass is 253 g/mol. The Morgan fingerprint density at radius 2 is 2.17 bits per heavy atom. The minimum atomic E-state index is -0.743. The van der Waals surface area contributed by atoms with Crippen molar-refractivity contribution in [2.45, 2.75) is 45.6 Å². The van der Waals surface area contributed by atoms with Gasteiger partial charge in [0.1, 0.15) is 5.76 Å². The molecule has 0 aliphatic carbocycles. The zero-order chi connectivity index (χ0) is 13.2. The van der Waals surface area contributed by atoms with E-state index in [-0.39, 0.29) is 6.42 Å². The summed E-state index contributed by atoms with van der Waals surface area (Å²) in [5, 5.41) is 8.75. The van der Waals surface area contributed by atoms with Gasteiger partial charge in [0.05, 0.1) is 19.2 Å². The maximum atomic E-state index is 10.6. The molecule has 0 spiro atoms. The van der Waals surface area contributed by atoms with Crippen LogP contribution in [-0.2, 0) is 11.3 Å². The molecular weight excluding hydrogens is 230 g/mol. The van der Waals surface area contributed by atoms with Gasteiger partial charge in [0, 0.05) is 6.54 Å². The van der Waals surface area contributed by atoms with Gasteiger partial charge in [0.2, 0.25) is 0 Å². The van der Waals surface area contributed by atoms with Crippen LogP contribution in [0.4, 0.5) is 0 Å². The Hall–Kier alpha value is -1.29. The quantitative estimate of drug-likeness (QED) is 0.651. The molecule has 0 fully saturated rings. The molecule has 4 heteroatoms. The summed E-state index contributed by atoms with van der Waals surface area (Å²) < 4.78 is 5.31. The zero-order valence-electron chi connectivity index (χ0n) is 11.1. The summed E-state index contributed by atoms with van der Waals surface area (Å²) in [5.74, 6) is 0.156. The highest BCUT2D eigenvalue weighted by Gasteiger charge is 2.09. The van der Waals surface area contributed by atoms with Crippen LogP contribution in [-0.4, -0.2) is 29.1 Å². The Morgan fingerprint density at radius 1 is 1.33 bits per heavy atom. The summed E-state index contributed by atoms with van der Waals surface area (Å²) in [4.78, 5) is 12.8. The molecule has 0 radical (unpaired) electrons. The molecule has 0 amide bonds. The molecule has 1 N–H and O–H groups in total. The number of carboxylic acid groups (broad SMARTS) is 1. The highest BCUT2D eigenvalue weighted by molar-refractivity contribution is 5.66. The molecule has 0 saturated heterocycles. The van der Waals surface area contributed by atoms with E-state index in [1.165, 1.54) is 19.3 Å². The van der Waals surface area contributed by atoms with Crippen molar-refractivity contribution >= 4 is 5.97 Å². The van der Waals surface area contributed by atoms with Crippen LogP contribution in [0, 0.1) is 0 Å². The molecule has 1 aromatic rings. The number of carboxylic acids is 1. The predicted octanol–water partition coefficient (Wildman–Crippen LogP) is 3.14. The van der Waals surface area contributed by atoms with E-state index in [1.807, 2.05) is 12.1 Å². The van der Waals surface area contributed by atoms with Crippen molar-refractivity contribution in [3.63, 3.8) is 0 Å². The third-order valence-corrected chi connectivity index (χ3v) is 2.93. The van der Waals surface area contributed by atoms with Crippen molar-refractivity contribution in [1.82, 2.24) is 4.90 Å². The summed E-state index contributed by atoms with van der Waals surface area (Å²) in [6, 6.07) is 3.79. The molecule has 102 valence electrons. The number of hydrogen-bond donors (Lipinski definition) is 1. The zero-order valence-corrected chi connectivity index (χ0v) is 11.1. The molecule has 0 aliphatic heterocycles. The molecule has 0 aliphatic rings. The lowest BCUT2D eigenvalue weighted by Crippen LogP contribution is -2.27. The highest BCUT2D eigenvalue weighted by atomic mass is 16.4. The van der Waals surface area contributed by atoms with Crippen LogP contribution >= 0.6 is 0 Å². The van der Waals surface area contributed by atoms with Crippen LogP contribution in [0.3, 0.4) is 0 Å². The Balaban J connectivity index is 2.33. The Kier molecular flexibility index (Phi) is 7.18. The predicted molar refractivity (Wildman–Crippen MR) is 70.4 cm³/mol. The average molecular weight is 253 g/mol. The SMILES string of the molecule is CCCCCCN(CCC(=O)O)Cc1ccco1. The second-order valence-corrected chi connectivity index (χ2v) is 4.56. The summed E-state index contributed by atoms with van der Waals surface area (Å²) >= 11 is 0. The normalized spacial score (nSPS) is 11.0. The number of aliphatic carboxylic acids is 1. The first-order valence-corrected chi connectivity index (χ1v) is 6.69. The fourth-order valence-corrected chi connectivity index (χ4v) is 1.91. The molecule has 1 aromatic heterocycles. The van der Waals surface area contributed by atoms with Crippen LogP contribution in [0.2, 0.25) is 0 Å². The third-order valence-electron chi connectivity index (χ3n) is 2.93. The molecule has 0 unspecified atom stereocenters. The van der Waals surface area contributed by atoms with Crippen molar-refractivity contribution in [3.05, 3.63) is 24.2 Å². The van der Waals surface area contributed by atoms with E-state index >= 15 is 0 Å². The standard InChI is InChI=1S/C14H23NO3/c1-2-3-4-5-9-15(10-8-14(16)17)12-13-7-6-11-18-13/h6-7,11H,2-5,8-10,12H2,1H3,(H,16,17). The van der Waals surface area contributed by atoms with Gasteiger partial charge in [0.15, 0.2) is 0 Å². The van der Waals surface area contributed by atoms with E-state index < -0.39 is 5.97 Å². The van der Waals surface area contributed by atoms with Crippen molar-refractivity contribution in [2.24, 2.45) is 0 Å². The fraction of sp³-hybridized carbons (Fsp3) is 0.643. The molecule has 0 saturated carbocycles. The summed E-state index contributed by atoms with van der Waals surface area (Å²) in [6.07, 6.45) is 6.63. The van der Waals surface area contributed by atoms with E-state index in [0.717, 1.165) is 18.7 Å². The summed E-state index contributed by atoms with van der Waals surface area (Å²) in [7, 11) is 0. The fourth-order valence-electron chi connectivity index (χ4n) is 1.91. The number of furan rings is 1. The molecular formula is C14H23NO3. The van der Waals surface area contributed by atoms with Crippen molar-refractivity contribution in [1.29, 1.82) is 0 Å². The molecule has 18 heavy (non-hydrogen) atoms. The lowest BCUT2D eigenvalue weighted by atomic mass is 10.2. The maximum Gasteiger partial charge on any atom is 0.304 e. The minimum Gasteiger partial charge on any atom is -0.481 e. The largest absolute Gasteiger partial charge is 0.481 e. The number of nitrogens with zero attached hydrogens (tertiary/aromatic N) is 1. The number of rotatable bonds is 10. The molecule has 0 atom stereocenters. The topological polar surface area (TPSA) is 53.7 Å². The van der Waals surface area contributed by atoms with Crippen LogP contribution in [0.15, 0.2) is 22.8 Å². The van der Waals surface area contributed by atoms with E-state index in [2.05, 4.69) is 11.8 Å². The molecule has 4 nitrogen and oxygen atoms in total. The van der Waals surface area contributed by atoms with Crippen LogP contribution in [0.25, 0.3) is 0 Å². The maximum absolute atomic E-state index is 10.6. The van der Waals surface area contributed by atoms with Gasteiger partial charge in [-0.3, -0.25) is 9.69 Å². The first-order chi connectivity index (χ1) is 8.72. The molecule has 1 heterocycles. The first kappa shape index (κ1) is 14.8. The van der Waals surface area contributed by atoms with Gasteiger partial charge in [-0.1, -0.05) is 26.2 Å². The summed E-state index contributed by atoms with van der Waals surface area (Å²) in [5.41, 5.74) is 0. The first-order valence-electron chi connectivity index (χ1n) is 6.69. The van der Waals surface area contributed by atoms with Crippen molar-refractivity contribution < 1.29 is 14.3 Å². The van der Waals surface area contributed by atoms with Gasteiger partial charge in [-0.2, -0.15) is 0 Å². The van der Waals surface area contributed by atoms with Crippen LogP contribution in [0.1, 0.15) is 44.8 Å². The second-order valence-electron chi connectivity index (χ2n) is 4.56. The van der Waals surface area contributed by atoms with Crippen LogP contribution < -0.4 is 0 Å². The van der Waals surface area contributed by atoms with E-state index in [1.54, 1.807) is 6.26 Å². The van der Waals surface area contributed by atoms with Gasteiger partial charge in [0.25, 0.3) is 0 Å². The molecule has 0 aromatic carbocycles. The number of carbonyl (C=O) groups is 1. The average Bonchev–Trinajstić information content (AvgIpc) is 2.84. The third kappa shape index (κ3) is 6.45. The van der Waals surface area contributed by atoms with Gasteiger partial charge in [-0.05, 0) is 25.1 Å².